The van der Waals surface area contributed by atoms with Crippen molar-refractivity contribution in [3.63, 3.8) is 0 Å². The molecular weight excluding hydrogens is 322 g/mol. The molecule has 0 aromatic heterocycles. The van der Waals surface area contributed by atoms with Crippen molar-refractivity contribution in [2.75, 3.05) is 6.26 Å². The van der Waals surface area contributed by atoms with Gasteiger partial charge in [-0.15, -0.1) is 0 Å². The van der Waals surface area contributed by atoms with Crippen molar-refractivity contribution in [2.24, 2.45) is 11.8 Å². The van der Waals surface area contributed by atoms with Gasteiger partial charge in [-0.3, -0.25) is 4.79 Å². The van der Waals surface area contributed by atoms with Gasteiger partial charge in [0, 0.05) is 12.3 Å². The highest BCUT2D eigenvalue weighted by atomic mass is 35.5. The van der Waals surface area contributed by atoms with Crippen LogP contribution >= 0.6 is 11.6 Å². The molecule has 0 heterocycles. The number of amides is 1. The van der Waals surface area contributed by atoms with Gasteiger partial charge < -0.3 is 5.32 Å². The quantitative estimate of drug-likeness (QED) is 0.915. The minimum atomic E-state index is -3.37. The minimum absolute atomic E-state index is 0.104. The number of carbonyl (C=O) groups is 1. The molecule has 1 fully saturated rings. The van der Waals surface area contributed by atoms with Gasteiger partial charge in [-0.2, -0.15) is 0 Å². The average Bonchev–Trinajstić information content (AvgIpc) is 2.43. The summed E-state index contributed by atoms with van der Waals surface area (Å²) >= 11 is 6.07. The molecule has 2 rings (SSSR count). The molecule has 0 bridgehead atoms. The van der Waals surface area contributed by atoms with Gasteiger partial charge in [0.25, 0.3) is 5.91 Å². The van der Waals surface area contributed by atoms with E-state index >= 15 is 0 Å². The van der Waals surface area contributed by atoms with Crippen LogP contribution in [0, 0.1) is 11.8 Å². The molecule has 1 N–H and O–H groups in total. The van der Waals surface area contributed by atoms with Crippen LogP contribution in [-0.2, 0) is 9.84 Å². The summed E-state index contributed by atoms with van der Waals surface area (Å²) in [7, 11) is -3.37. The Morgan fingerprint density at radius 2 is 1.95 bits per heavy atom. The van der Waals surface area contributed by atoms with Gasteiger partial charge >= 0.3 is 0 Å². The number of nitrogens with one attached hydrogen (secondary N) is 1. The molecule has 0 radical (unpaired) electrons. The topological polar surface area (TPSA) is 63.2 Å². The minimum Gasteiger partial charge on any atom is -0.349 e. The fourth-order valence-electron chi connectivity index (χ4n) is 2.94. The highest BCUT2D eigenvalue weighted by molar-refractivity contribution is 7.90. The van der Waals surface area contributed by atoms with Crippen molar-refractivity contribution >= 4 is 27.3 Å². The third-order valence-electron chi connectivity index (χ3n) is 4.63. The molecule has 3 atom stereocenters. The molecule has 6 heteroatoms. The summed E-state index contributed by atoms with van der Waals surface area (Å²) in [6, 6.07) is 4.33. The SMILES string of the molecule is C[C@H]1[C@H](C)CCC[C@H]1NC(=O)c1cc(S(C)(=O)=O)ccc1Cl. The Morgan fingerprint density at radius 1 is 1.27 bits per heavy atom. The van der Waals surface area contributed by atoms with Gasteiger partial charge in [-0.05, 0) is 36.5 Å². The third kappa shape index (κ3) is 3.82. The Labute approximate surface area is 137 Å². The first-order chi connectivity index (χ1) is 10.2. The van der Waals surface area contributed by atoms with E-state index in [1.807, 2.05) is 0 Å². The van der Waals surface area contributed by atoms with Crippen molar-refractivity contribution in [3.8, 4) is 0 Å². The number of hydrogen-bond acceptors (Lipinski definition) is 3. The summed E-state index contributed by atoms with van der Waals surface area (Å²) < 4.78 is 23.3. The summed E-state index contributed by atoms with van der Waals surface area (Å²) in [5, 5.41) is 3.28. The lowest BCUT2D eigenvalue weighted by Gasteiger charge is -2.34. The van der Waals surface area contributed by atoms with E-state index in [1.54, 1.807) is 0 Å². The second kappa shape index (κ2) is 6.59. The molecule has 1 aliphatic carbocycles. The van der Waals surface area contributed by atoms with E-state index in [9.17, 15) is 13.2 Å². The number of halogens is 1. The van der Waals surface area contributed by atoms with E-state index in [4.69, 9.17) is 11.6 Å². The fraction of sp³-hybridized carbons (Fsp3) is 0.562. The number of sulfone groups is 1. The van der Waals surface area contributed by atoms with Gasteiger partial charge in [-0.1, -0.05) is 38.3 Å². The van der Waals surface area contributed by atoms with Crippen LogP contribution < -0.4 is 5.32 Å². The Balaban J connectivity index is 2.22. The van der Waals surface area contributed by atoms with Crippen molar-refractivity contribution in [1.29, 1.82) is 0 Å². The van der Waals surface area contributed by atoms with E-state index in [-0.39, 0.29) is 27.4 Å². The van der Waals surface area contributed by atoms with Crippen molar-refractivity contribution in [2.45, 2.75) is 44.0 Å². The number of carbonyl (C=O) groups excluding carboxylic acids is 1. The van der Waals surface area contributed by atoms with E-state index in [0.717, 1.165) is 19.1 Å². The third-order valence-corrected chi connectivity index (χ3v) is 6.07. The zero-order chi connectivity index (χ0) is 16.5. The standard InChI is InChI=1S/C16H22ClNO3S/c1-10-5-4-6-15(11(10)2)18-16(19)13-9-12(22(3,20)21)7-8-14(13)17/h7-11,15H,4-6H2,1-3H3,(H,18,19)/t10-,11+,15-/m1/s1. The summed E-state index contributed by atoms with van der Waals surface area (Å²) in [4.78, 5) is 12.6. The fourth-order valence-corrected chi connectivity index (χ4v) is 3.79. The summed E-state index contributed by atoms with van der Waals surface area (Å²) in [6.45, 7) is 4.34. The van der Waals surface area contributed by atoms with Gasteiger partial charge in [0.1, 0.15) is 0 Å². The smallest absolute Gasteiger partial charge is 0.253 e. The molecule has 1 aliphatic rings. The highest BCUT2D eigenvalue weighted by Gasteiger charge is 2.29. The Kier molecular flexibility index (Phi) is 5.17. The van der Waals surface area contributed by atoms with Crippen molar-refractivity contribution in [3.05, 3.63) is 28.8 Å². The number of rotatable bonds is 3. The molecule has 0 aliphatic heterocycles. The van der Waals surface area contributed by atoms with Crippen LogP contribution in [-0.4, -0.2) is 26.6 Å². The number of hydrogen-bond donors (Lipinski definition) is 1. The molecule has 22 heavy (non-hydrogen) atoms. The van der Waals surface area contributed by atoms with Crippen LogP contribution in [0.2, 0.25) is 5.02 Å². The van der Waals surface area contributed by atoms with Crippen LogP contribution in [0.4, 0.5) is 0 Å². The molecule has 122 valence electrons. The maximum atomic E-state index is 12.5. The Bertz CT molecular complexity index is 672. The monoisotopic (exact) mass is 343 g/mol. The summed E-state index contributed by atoms with van der Waals surface area (Å²) in [5.74, 6) is 0.660. The van der Waals surface area contributed by atoms with Crippen LogP contribution in [0.25, 0.3) is 0 Å². The van der Waals surface area contributed by atoms with E-state index in [1.165, 1.54) is 24.6 Å². The first-order valence-corrected chi connectivity index (χ1v) is 9.77. The van der Waals surface area contributed by atoms with Crippen LogP contribution in [0.15, 0.2) is 23.1 Å². The van der Waals surface area contributed by atoms with E-state index < -0.39 is 9.84 Å². The molecule has 0 unspecified atom stereocenters. The normalized spacial score (nSPS) is 25.7. The van der Waals surface area contributed by atoms with E-state index in [2.05, 4.69) is 19.2 Å². The maximum Gasteiger partial charge on any atom is 0.253 e. The molecule has 1 aromatic carbocycles. The molecule has 0 saturated heterocycles. The molecule has 4 nitrogen and oxygen atoms in total. The predicted molar refractivity (Wildman–Crippen MR) is 88.0 cm³/mol. The van der Waals surface area contributed by atoms with Crippen molar-refractivity contribution < 1.29 is 13.2 Å². The van der Waals surface area contributed by atoms with Crippen LogP contribution in [0.1, 0.15) is 43.5 Å². The average molecular weight is 344 g/mol. The lowest BCUT2D eigenvalue weighted by atomic mass is 9.78. The largest absolute Gasteiger partial charge is 0.349 e. The second-order valence-electron chi connectivity index (χ2n) is 6.26. The molecular formula is C16H22ClNO3S. The van der Waals surface area contributed by atoms with E-state index in [0.29, 0.717) is 11.8 Å². The lowest BCUT2D eigenvalue weighted by Crippen LogP contribution is -2.43. The first-order valence-electron chi connectivity index (χ1n) is 7.50. The van der Waals surface area contributed by atoms with Crippen molar-refractivity contribution in [1.82, 2.24) is 5.32 Å². The summed E-state index contributed by atoms with van der Waals surface area (Å²) in [5.41, 5.74) is 0.218. The molecule has 1 aromatic rings. The Morgan fingerprint density at radius 3 is 2.59 bits per heavy atom. The summed E-state index contributed by atoms with van der Waals surface area (Å²) in [6.07, 6.45) is 4.33. The zero-order valence-corrected chi connectivity index (χ0v) is 14.7. The molecule has 1 amide bonds. The first kappa shape index (κ1) is 17.3. The van der Waals surface area contributed by atoms with Crippen LogP contribution in [0.5, 0.6) is 0 Å². The lowest BCUT2D eigenvalue weighted by molar-refractivity contribution is 0.0891. The molecule has 0 spiro atoms. The highest BCUT2D eigenvalue weighted by Crippen LogP contribution is 2.30. The molecule has 1 saturated carbocycles. The van der Waals surface area contributed by atoms with Gasteiger partial charge in [0.2, 0.25) is 0 Å². The Hall–Kier alpha value is -1.07. The zero-order valence-electron chi connectivity index (χ0n) is 13.1. The maximum absolute atomic E-state index is 12.5. The van der Waals surface area contributed by atoms with Gasteiger partial charge in [-0.25, -0.2) is 8.42 Å². The van der Waals surface area contributed by atoms with Gasteiger partial charge in [0.15, 0.2) is 9.84 Å². The predicted octanol–water partition coefficient (Wildman–Crippen LogP) is 3.30. The second-order valence-corrected chi connectivity index (χ2v) is 8.68. The van der Waals surface area contributed by atoms with Gasteiger partial charge in [0.05, 0.1) is 15.5 Å². The van der Waals surface area contributed by atoms with Crippen LogP contribution in [0.3, 0.4) is 0 Å². The number of benzene rings is 1.